The second kappa shape index (κ2) is 13.4. The van der Waals surface area contributed by atoms with Crippen LogP contribution in [-0.2, 0) is 0 Å². The van der Waals surface area contributed by atoms with Crippen molar-refractivity contribution in [2.24, 2.45) is 0 Å². The van der Waals surface area contributed by atoms with E-state index in [4.69, 9.17) is 19.9 Å². The van der Waals surface area contributed by atoms with Crippen LogP contribution in [0.1, 0.15) is 0 Å². The summed E-state index contributed by atoms with van der Waals surface area (Å²) in [5, 5.41) is 6.83. The first-order chi connectivity index (χ1) is 26.8. The summed E-state index contributed by atoms with van der Waals surface area (Å²) in [7, 11) is 0. The lowest BCUT2D eigenvalue weighted by atomic mass is 9.94. The summed E-state index contributed by atoms with van der Waals surface area (Å²) in [6.45, 7) is 0. The van der Waals surface area contributed by atoms with Crippen molar-refractivity contribution >= 4 is 32.3 Å². The number of hydrogen-bond acceptors (Lipinski definition) is 4. The first kappa shape index (κ1) is 31.4. The van der Waals surface area contributed by atoms with Gasteiger partial charge in [-0.25, -0.2) is 19.9 Å². The molecule has 2 aromatic heterocycles. The van der Waals surface area contributed by atoms with Crippen LogP contribution in [0.25, 0.3) is 100 Å². The molecule has 0 aliphatic heterocycles. The molecule has 4 nitrogen and oxygen atoms in total. The molecule has 0 N–H and O–H groups in total. The molecule has 0 aliphatic carbocycles. The van der Waals surface area contributed by atoms with Crippen molar-refractivity contribution in [2.45, 2.75) is 0 Å². The van der Waals surface area contributed by atoms with Gasteiger partial charge in [-0.3, -0.25) is 0 Å². The molecule has 0 radical (unpaired) electrons. The van der Waals surface area contributed by atoms with E-state index in [2.05, 4.69) is 158 Å². The standard InChI is InChI=1S/C50H32N4/c1-3-17-35(18-4-1)49-51-45(41-27-11-21-33-15-7-9-23-37(33)41)31-47(53-49)43-29-13-26-40-39(43)25-14-30-44(40)48-32-46(52-50(54-48)36-19-5-2-6-20-36)42-28-12-22-34-16-8-10-24-38(34)42/h1-32H. The molecule has 10 aromatic rings. The smallest absolute Gasteiger partial charge is 0.160 e. The fourth-order valence-electron chi connectivity index (χ4n) is 7.53. The van der Waals surface area contributed by atoms with Gasteiger partial charge >= 0.3 is 0 Å². The van der Waals surface area contributed by atoms with Gasteiger partial charge < -0.3 is 0 Å². The minimum Gasteiger partial charge on any atom is -0.228 e. The topological polar surface area (TPSA) is 51.6 Å². The Labute approximate surface area is 313 Å². The van der Waals surface area contributed by atoms with Gasteiger partial charge in [-0.15, -0.1) is 0 Å². The van der Waals surface area contributed by atoms with Crippen molar-refractivity contribution in [3.05, 3.63) is 194 Å². The number of rotatable bonds is 6. The third kappa shape index (κ3) is 5.67. The quantitative estimate of drug-likeness (QED) is 0.174. The van der Waals surface area contributed by atoms with Gasteiger partial charge in [0.15, 0.2) is 11.6 Å². The number of hydrogen-bond donors (Lipinski definition) is 0. The largest absolute Gasteiger partial charge is 0.228 e. The fourth-order valence-corrected chi connectivity index (χ4v) is 7.53. The van der Waals surface area contributed by atoms with E-state index in [0.29, 0.717) is 11.6 Å². The maximum absolute atomic E-state index is 5.23. The zero-order chi connectivity index (χ0) is 35.8. The lowest BCUT2D eigenvalue weighted by molar-refractivity contribution is 1.18. The predicted molar refractivity (Wildman–Crippen MR) is 223 cm³/mol. The molecule has 0 unspecified atom stereocenters. The van der Waals surface area contributed by atoms with Gasteiger partial charge in [0, 0.05) is 33.4 Å². The molecular formula is C50H32N4. The summed E-state index contributed by atoms with van der Waals surface area (Å²) in [5.74, 6) is 1.37. The van der Waals surface area contributed by atoms with Crippen LogP contribution >= 0.6 is 0 Å². The van der Waals surface area contributed by atoms with E-state index in [1.807, 2.05) is 36.4 Å². The number of benzene rings is 8. The van der Waals surface area contributed by atoms with E-state index in [-0.39, 0.29) is 0 Å². The van der Waals surface area contributed by atoms with Gasteiger partial charge in [0.05, 0.1) is 22.8 Å². The number of nitrogens with zero attached hydrogens (tertiary/aromatic N) is 4. The van der Waals surface area contributed by atoms with E-state index < -0.39 is 0 Å². The van der Waals surface area contributed by atoms with Crippen LogP contribution < -0.4 is 0 Å². The van der Waals surface area contributed by atoms with Gasteiger partial charge in [0.1, 0.15) is 0 Å². The molecule has 0 atom stereocenters. The summed E-state index contributed by atoms with van der Waals surface area (Å²) in [4.78, 5) is 20.8. The zero-order valence-corrected chi connectivity index (χ0v) is 29.3. The van der Waals surface area contributed by atoms with Crippen LogP contribution in [-0.4, -0.2) is 19.9 Å². The number of aromatic nitrogens is 4. The van der Waals surface area contributed by atoms with Gasteiger partial charge in [0.2, 0.25) is 0 Å². The molecule has 4 heteroatoms. The Morgan fingerprint density at radius 3 is 0.944 bits per heavy atom. The van der Waals surface area contributed by atoms with E-state index in [0.717, 1.165) is 77.7 Å². The molecule has 2 heterocycles. The third-order valence-corrected chi connectivity index (χ3v) is 10.1. The maximum atomic E-state index is 5.23. The molecule has 252 valence electrons. The van der Waals surface area contributed by atoms with Gasteiger partial charge in [-0.05, 0) is 44.5 Å². The van der Waals surface area contributed by atoms with Crippen molar-refractivity contribution in [1.82, 2.24) is 19.9 Å². The van der Waals surface area contributed by atoms with E-state index in [9.17, 15) is 0 Å². The van der Waals surface area contributed by atoms with Crippen molar-refractivity contribution in [3.8, 4) is 67.8 Å². The second-order valence-corrected chi connectivity index (χ2v) is 13.4. The van der Waals surface area contributed by atoms with Crippen molar-refractivity contribution in [1.29, 1.82) is 0 Å². The van der Waals surface area contributed by atoms with Crippen LogP contribution in [0, 0.1) is 0 Å². The van der Waals surface area contributed by atoms with Crippen molar-refractivity contribution in [2.75, 3.05) is 0 Å². The second-order valence-electron chi connectivity index (χ2n) is 13.4. The van der Waals surface area contributed by atoms with Crippen molar-refractivity contribution in [3.63, 3.8) is 0 Å². The Morgan fingerprint density at radius 1 is 0.241 bits per heavy atom. The predicted octanol–water partition coefficient (Wildman–Crippen LogP) is 12.7. The van der Waals surface area contributed by atoms with Crippen LogP contribution in [0.2, 0.25) is 0 Å². The molecule has 0 aliphatic rings. The van der Waals surface area contributed by atoms with E-state index >= 15 is 0 Å². The Bertz CT molecular complexity index is 2780. The molecule has 0 spiro atoms. The van der Waals surface area contributed by atoms with Crippen LogP contribution in [0.3, 0.4) is 0 Å². The summed E-state index contributed by atoms with van der Waals surface area (Å²) < 4.78 is 0. The molecule has 0 bridgehead atoms. The minimum absolute atomic E-state index is 0.687. The zero-order valence-electron chi connectivity index (χ0n) is 29.3. The monoisotopic (exact) mass is 688 g/mol. The fraction of sp³-hybridized carbons (Fsp3) is 0. The molecule has 0 saturated heterocycles. The highest BCUT2D eigenvalue weighted by Gasteiger charge is 2.18. The molecule has 0 amide bonds. The average molecular weight is 689 g/mol. The van der Waals surface area contributed by atoms with E-state index in [1.165, 1.54) is 10.8 Å². The highest BCUT2D eigenvalue weighted by Crippen LogP contribution is 2.39. The molecule has 10 rings (SSSR count). The Kier molecular flexibility index (Phi) is 7.77. The van der Waals surface area contributed by atoms with Crippen molar-refractivity contribution < 1.29 is 0 Å². The van der Waals surface area contributed by atoms with Gasteiger partial charge in [-0.1, -0.05) is 182 Å². The first-order valence-corrected chi connectivity index (χ1v) is 18.1. The Hall–Kier alpha value is -7.30. The molecular weight excluding hydrogens is 657 g/mol. The highest BCUT2D eigenvalue weighted by atomic mass is 14.9. The first-order valence-electron chi connectivity index (χ1n) is 18.1. The molecule has 8 aromatic carbocycles. The lowest BCUT2D eigenvalue weighted by Crippen LogP contribution is -1.98. The molecule has 0 saturated carbocycles. The highest BCUT2D eigenvalue weighted by molar-refractivity contribution is 6.05. The maximum Gasteiger partial charge on any atom is 0.160 e. The minimum atomic E-state index is 0.687. The normalized spacial score (nSPS) is 11.3. The number of fused-ring (bicyclic) bond motifs is 3. The Morgan fingerprint density at radius 2 is 0.537 bits per heavy atom. The summed E-state index contributed by atoms with van der Waals surface area (Å²) in [6.07, 6.45) is 0. The summed E-state index contributed by atoms with van der Waals surface area (Å²) >= 11 is 0. The van der Waals surface area contributed by atoms with Gasteiger partial charge in [0.25, 0.3) is 0 Å². The Balaban J connectivity index is 1.19. The van der Waals surface area contributed by atoms with Crippen LogP contribution in [0.5, 0.6) is 0 Å². The average Bonchev–Trinajstić information content (AvgIpc) is 3.26. The summed E-state index contributed by atoms with van der Waals surface area (Å²) in [5.41, 5.74) is 9.63. The van der Waals surface area contributed by atoms with Gasteiger partial charge in [-0.2, -0.15) is 0 Å². The third-order valence-electron chi connectivity index (χ3n) is 10.1. The van der Waals surface area contributed by atoms with E-state index in [1.54, 1.807) is 0 Å². The summed E-state index contributed by atoms with van der Waals surface area (Å²) in [6, 6.07) is 67.4. The lowest BCUT2D eigenvalue weighted by Gasteiger charge is -2.15. The van der Waals surface area contributed by atoms with Crippen LogP contribution in [0.4, 0.5) is 0 Å². The SMILES string of the molecule is c1ccc(-c2nc(-c3cccc4ccccc34)cc(-c3cccc4c(-c5cc(-c6cccc7ccccc67)nc(-c6ccccc6)n5)cccc34)n2)cc1. The molecule has 54 heavy (non-hydrogen) atoms. The van der Waals surface area contributed by atoms with Crippen LogP contribution in [0.15, 0.2) is 194 Å². The molecule has 0 fully saturated rings.